The van der Waals surface area contributed by atoms with Crippen LogP contribution in [0.15, 0.2) is 70.9 Å². The minimum Gasteiger partial charge on any atom is -0.411 e. The zero-order valence-electron chi connectivity index (χ0n) is 12.0. The van der Waals surface area contributed by atoms with Crippen molar-refractivity contribution in [1.82, 2.24) is 0 Å². The topological polar surface area (TPSA) is 65.3 Å². The number of amides is 1. The van der Waals surface area contributed by atoms with Crippen molar-refractivity contribution in [2.45, 2.75) is 6.92 Å². The third-order valence-corrected chi connectivity index (χ3v) is 3.58. The van der Waals surface area contributed by atoms with Crippen molar-refractivity contribution in [2.75, 3.05) is 5.01 Å². The number of hydrogen-bond donors (Lipinski definition) is 1. The second-order valence-corrected chi connectivity index (χ2v) is 5.01. The molecule has 0 radical (unpaired) electrons. The van der Waals surface area contributed by atoms with E-state index in [1.165, 1.54) is 5.01 Å². The zero-order chi connectivity index (χ0) is 15.5. The molecule has 1 atom stereocenters. The number of carbonyl (C=O) groups excluding carboxylic acids is 1. The number of para-hydroxylation sites is 1. The fraction of sp³-hybridized carbons (Fsp3) is 0.118. The van der Waals surface area contributed by atoms with Crippen molar-refractivity contribution in [3.63, 3.8) is 0 Å². The van der Waals surface area contributed by atoms with Crippen LogP contribution in [0.5, 0.6) is 0 Å². The Labute approximate surface area is 128 Å². The minimum absolute atomic E-state index is 0.222. The molecule has 110 valence electrons. The van der Waals surface area contributed by atoms with E-state index in [2.05, 4.69) is 10.3 Å². The van der Waals surface area contributed by atoms with Gasteiger partial charge in [-0.3, -0.25) is 4.79 Å². The summed E-state index contributed by atoms with van der Waals surface area (Å²) in [6, 6.07) is 18.3. The van der Waals surface area contributed by atoms with Gasteiger partial charge in [0.25, 0.3) is 5.91 Å². The van der Waals surface area contributed by atoms with Gasteiger partial charge in [-0.15, -0.1) is 0 Å². The molecule has 1 amide bonds. The molecule has 0 bridgehead atoms. The van der Waals surface area contributed by atoms with Crippen molar-refractivity contribution in [2.24, 2.45) is 16.2 Å². The lowest BCUT2D eigenvalue weighted by Crippen LogP contribution is -2.33. The Balaban J connectivity index is 1.96. The molecular weight excluding hydrogens is 278 g/mol. The Bertz CT molecular complexity index is 739. The molecule has 2 aromatic carbocycles. The Morgan fingerprint density at radius 1 is 1.09 bits per heavy atom. The molecule has 5 heteroatoms. The van der Waals surface area contributed by atoms with Gasteiger partial charge in [0, 0.05) is 5.56 Å². The summed E-state index contributed by atoms with van der Waals surface area (Å²) in [5.41, 5.74) is 2.31. The summed E-state index contributed by atoms with van der Waals surface area (Å²) in [7, 11) is 0. The highest BCUT2D eigenvalue weighted by atomic mass is 16.4. The second kappa shape index (κ2) is 5.81. The summed E-state index contributed by atoms with van der Waals surface area (Å²) in [6.45, 7) is 1.76. The number of hydrogen-bond acceptors (Lipinski definition) is 4. The summed E-state index contributed by atoms with van der Waals surface area (Å²) in [4.78, 5) is 12.7. The first-order chi connectivity index (χ1) is 10.7. The maximum atomic E-state index is 12.7. The van der Waals surface area contributed by atoms with Gasteiger partial charge in [0.05, 0.1) is 11.4 Å². The first kappa shape index (κ1) is 14.0. The summed E-state index contributed by atoms with van der Waals surface area (Å²) < 4.78 is 0. The second-order valence-electron chi connectivity index (χ2n) is 5.01. The maximum Gasteiger partial charge on any atom is 0.262 e. The lowest BCUT2D eigenvalue weighted by Gasteiger charge is -2.15. The minimum atomic E-state index is -0.674. The molecule has 2 aromatic rings. The molecule has 1 aliphatic heterocycles. The molecule has 0 aromatic heterocycles. The third-order valence-electron chi connectivity index (χ3n) is 3.58. The van der Waals surface area contributed by atoms with Crippen molar-refractivity contribution in [3.05, 3.63) is 66.2 Å². The highest BCUT2D eigenvalue weighted by molar-refractivity contribution is 6.31. The Morgan fingerprint density at radius 2 is 1.68 bits per heavy atom. The van der Waals surface area contributed by atoms with Gasteiger partial charge in [0.1, 0.15) is 11.6 Å². The number of oxime groups is 1. The van der Waals surface area contributed by atoms with Crippen molar-refractivity contribution >= 4 is 23.0 Å². The van der Waals surface area contributed by atoms with Crippen LogP contribution in [-0.2, 0) is 4.79 Å². The summed E-state index contributed by atoms with van der Waals surface area (Å²) >= 11 is 0. The van der Waals surface area contributed by atoms with Crippen LogP contribution in [0.2, 0.25) is 0 Å². The molecule has 3 rings (SSSR count). The number of nitrogens with zero attached hydrogens (tertiary/aromatic N) is 3. The Morgan fingerprint density at radius 3 is 2.27 bits per heavy atom. The average molecular weight is 293 g/mol. The van der Waals surface area contributed by atoms with Crippen LogP contribution in [0.1, 0.15) is 12.5 Å². The average Bonchev–Trinajstić information content (AvgIpc) is 2.86. The molecule has 22 heavy (non-hydrogen) atoms. The number of hydrazone groups is 1. The highest BCUT2D eigenvalue weighted by Gasteiger charge is 2.38. The van der Waals surface area contributed by atoms with Crippen molar-refractivity contribution in [1.29, 1.82) is 0 Å². The fourth-order valence-corrected chi connectivity index (χ4v) is 2.53. The molecule has 0 saturated carbocycles. The first-order valence-corrected chi connectivity index (χ1v) is 6.94. The van der Waals surface area contributed by atoms with Crippen molar-refractivity contribution < 1.29 is 10.0 Å². The van der Waals surface area contributed by atoms with Crippen LogP contribution >= 0.6 is 0 Å². The number of anilines is 1. The van der Waals surface area contributed by atoms with E-state index >= 15 is 0 Å². The van der Waals surface area contributed by atoms with E-state index in [1.807, 2.05) is 48.5 Å². The molecular formula is C17H15N3O2. The lowest BCUT2D eigenvalue weighted by atomic mass is 9.93. The summed E-state index contributed by atoms with van der Waals surface area (Å²) in [5, 5.41) is 18.4. The lowest BCUT2D eigenvalue weighted by molar-refractivity contribution is -0.118. The van der Waals surface area contributed by atoms with Crippen LogP contribution in [0, 0.1) is 5.92 Å². The van der Waals surface area contributed by atoms with Gasteiger partial charge in [-0.05, 0) is 19.1 Å². The van der Waals surface area contributed by atoms with Crippen LogP contribution in [0.3, 0.4) is 0 Å². The Hall–Kier alpha value is -2.95. The quantitative estimate of drug-likeness (QED) is 0.537. The predicted octanol–water partition coefficient (Wildman–Crippen LogP) is 2.90. The van der Waals surface area contributed by atoms with Gasteiger partial charge in [-0.1, -0.05) is 53.7 Å². The van der Waals surface area contributed by atoms with E-state index in [9.17, 15) is 10.0 Å². The largest absolute Gasteiger partial charge is 0.411 e. The predicted molar refractivity (Wildman–Crippen MR) is 85.3 cm³/mol. The van der Waals surface area contributed by atoms with Crippen molar-refractivity contribution in [3.8, 4) is 0 Å². The van der Waals surface area contributed by atoms with E-state index in [0.717, 1.165) is 0 Å². The van der Waals surface area contributed by atoms with Crippen LogP contribution in [-0.4, -0.2) is 22.5 Å². The van der Waals surface area contributed by atoms with E-state index in [0.29, 0.717) is 22.7 Å². The Kier molecular flexibility index (Phi) is 3.70. The van der Waals surface area contributed by atoms with Gasteiger partial charge in [0.2, 0.25) is 0 Å². The molecule has 0 spiro atoms. The van der Waals surface area contributed by atoms with Gasteiger partial charge in [-0.2, -0.15) is 10.1 Å². The molecule has 1 N–H and O–H groups in total. The third kappa shape index (κ3) is 2.37. The zero-order valence-corrected chi connectivity index (χ0v) is 12.0. The summed E-state index contributed by atoms with van der Waals surface area (Å²) in [5.74, 6) is -0.895. The normalized spacial score (nSPS) is 18.5. The van der Waals surface area contributed by atoms with Gasteiger partial charge < -0.3 is 5.21 Å². The van der Waals surface area contributed by atoms with Crippen LogP contribution in [0.25, 0.3) is 0 Å². The van der Waals surface area contributed by atoms with Gasteiger partial charge in [0.15, 0.2) is 0 Å². The van der Waals surface area contributed by atoms with E-state index in [4.69, 9.17) is 0 Å². The van der Waals surface area contributed by atoms with E-state index in [-0.39, 0.29) is 5.91 Å². The number of rotatable bonds is 3. The molecule has 5 nitrogen and oxygen atoms in total. The van der Waals surface area contributed by atoms with E-state index < -0.39 is 5.92 Å². The molecule has 0 fully saturated rings. The standard InChI is InChI=1S/C17H15N3O2/c1-12-15(16(19-22)13-8-4-2-5-9-13)17(21)20(18-12)14-10-6-3-7-11-14/h2-11,15,22H,1H3/b19-16-/t15-/m1/s1. The highest BCUT2D eigenvalue weighted by Crippen LogP contribution is 2.26. The smallest absolute Gasteiger partial charge is 0.262 e. The molecule has 0 saturated heterocycles. The number of benzene rings is 2. The van der Waals surface area contributed by atoms with Crippen LogP contribution < -0.4 is 5.01 Å². The summed E-state index contributed by atoms with van der Waals surface area (Å²) in [6.07, 6.45) is 0. The number of carbonyl (C=O) groups is 1. The monoisotopic (exact) mass is 293 g/mol. The van der Waals surface area contributed by atoms with Crippen LogP contribution in [0.4, 0.5) is 5.69 Å². The SMILES string of the molecule is CC1=NN(c2ccccc2)C(=O)[C@H]1/C(=N\O)c1ccccc1. The molecule has 0 aliphatic carbocycles. The molecule has 1 aliphatic rings. The maximum absolute atomic E-state index is 12.7. The first-order valence-electron chi connectivity index (χ1n) is 6.94. The fourth-order valence-electron chi connectivity index (χ4n) is 2.53. The van der Waals surface area contributed by atoms with Gasteiger partial charge >= 0.3 is 0 Å². The molecule has 1 heterocycles. The van der Waals surface area contributed by atoms with Gasteiger partial charge in [-0.25, -0.2) is 0 Å². The van der Waals surface area contributed by atoms with E-state index in [1.54, 1.807) is 19.1 Å². The molecule has 0 unspecified atom stereocenters.